The van der Waals surface area contributed by atoms with E-state index < -0.39 is 33.2 Å². The Hall–Kier alpha value is -2.78. The summed E-state index contributed by atoms with van der Waals surface area (Å²) in [5.74, 6) is -1.36. The molecule has 31 heavy (non-hydrogen) atoms. The summed E-state index contributed by atoms with van der Waals surface area (Å²) in [6.07, 6.45) is 1.01. The van der Waals surface area contributed by atoms with Crippen molar-refractivity contribution in [3.8, 4) is 0 Å². The molecule has 0 radical (unpaired) electrons. The number of aryl methyl sites for hydroxylation is 1. The molecule has 0 saturated carbocycles. The van der Waals surface area contributed by atoms with E-state index in [9.17, 15) is 22.4 Å². The fourth-order valence-corrected chi connectivity index (χ4v) is 4.37. The number of nitrogens with zero attached hydrogens (tertiary/aromatic N) is 2. The summed E-state index contributed by atoms with van der Waals surface area (Å²) in [7, 11) is -3.68. The number of carbonyl (C=O) groups is 2. The smallest absolute Gasteiger partial charge is 0.247 e. The highest BCUT2D eigenvalue weighted by Crippen LogP contribution is 2.27. The Labute approximate surface area is 181 Å². The molecule has 1 atom stereocenters. The molecular formula is C22H26FN3O4S. The van der Waals surface area contributed by atoms with Gasteiger partial charge >= 0.3 is 0 Å². The largest absolute Gasteiger partial charge is 0.350 e. The molecule has 9 heteroatoms. The number of amides is 2. The lowest BCUT2D eigenvalue weighted by atomic mass is 9.94. The van der Waals surface area contributed by atoms with Gasteiger partial charge < -0.3 is 10.2 Å². The first-order valence-electron chi connectivity index (χ1n) is 9.83. The van der Waals surface area contributed by atoms with Crippen LogP contribution >= 0.6 is 0 Å². The van der Waals surface area contributed by atoms with Crippen molar-refractivity contribution >= 4 is 21.8 Å². The van der Waals surface area contributed by atoms with Gasteiger partial charge in [-0.25, -0.2) is 12.8 Å². The normalized spacial score (nSPS) is 20.0. The van der Waals surface area contributed by atoms with Crippen molar-refractivity contribution in [1.29, 1.82) is 0 Å². The van der Waals surface area contributed by atoms with Gasteiger partial charge in [-0.3, -0.25) is 9.59 Å². The maximum atomic E-state index is 13.3. The van der Waals surface area contributed by atoms with Gasteiger partial charge in [-0.05, 0) is 37.1 Å². The predicted molar refractivity (Wildman–Crippen MR) is 115 cm³/mol. The zero-order chi connectivity index (χ0) is 22.8. The third-order valence-electron chi connectivity index (χ3n) is 5.48. The van der Waals surface area contributed by atoms with Crippen molar-refractivity contribution in [2.75, 3.05) is 19.3 Å². The van der Waals surface area contributed by atoms with E-state index in [0.717, 1.165) is 21.7 Å². The van der Waals surface area contributed by atoms with Crippen LogP contribution in [0, 0.1) is 12.7 Å². The molecule has 2 aromatic rings. The minimum Gasteiger partial charge on any atom is -0.350 e. The van der Waals surface area contributed by atoms with Gasteiger partial charge in [0.1, 0.15) is 11.4 Å². The van der Waals surface area contributed by atoms with Crippen molar-refractivity contribution in [2.45, 2.75) is 32.5 Å². The molecule has 0 aromatic heterocycles. The molecule has 2 amide bonds. The molecule has 1 heterocycles. The van der Waals surface area contributed by atoms with E-state index in [4.69, 9.17) is 0 Å². The summed E-state index contributed by atoms with van der Waals surface area (Å²) in [5.41, 5.74) is 1.18. The third kappa shape index (κ3) is 5.29. The van der Waals surface area contributed by atoms with Gasteiger partial charge in [0.2, 0.25) is 21.8 Å². The minimum absolute atomic E-state index is 0.0607. The zero-order valence-electron chi connectivity index (χ0n) is 17.8. The first-order chi connectivity index (χ1) is 14.5. The molecule has 1 fully saturated rings. The van der Waals surface area contributed by atoms with E-state index in [1.165, 1.54) is 29.2 Å². The molecule has 0 bridgehead atoms. The van der Waals surface area contributed by atoms with Crippen molar-refractivity contribution in [2.24, 2.45) is 0 Å². The van der Waals surface area contributed by atoms with E-state index >= 15 is 0 Å². The van der Waals surface area contributed by atoms with Crippen LogP contribution in [0.25, 0.3) is 0 Å². The summed E-state index contributed by atoms with van der Waals surface area (Å²) < 4.78 is 38.6. The molecular weight excluding hydrogens is 421 g/mol. The molecule has 1 N–H and O–H groups in total. The van der Waals surface area contributed by atoms with Crippen LogP contribution < -0.4 is 5.32 Å². The second-order valence-electron chi connectivity index (χ2n) is 8.08. The maximum absolute atomic E-state index is 13.3. The highest BCUT2D eigenvalue weighted by molar-refractivity contribution is 7.88. The van der Waals surface area contributed by atoms with Gasteiger partial charge in [-0.1, -0.05) is 42.0 Å². The van der Waals surface area contributed by atoms with E-state index in [1.54, 1.807) is 6.92 Å². The quantitative estimate of drug-likeness (QED) is 0.732. The molecule has 1 aliphatic rings. The van der Waals surface area contributed by atoms with Crippen LogP contribution in [0.3, 0.4) is 0 Å². The number of benzene rings is 2. The average molecular weight is 448 g/mol. The Morgan fingerprint density at radius 2 is 1.68 bits per heavy atom. The number of piperazine rings is 1. The Morgan fingerprint density at radius 1 is 1.10 bits per heavy atom. The molecule has 2 aromatic carbocycles. The van der Waals surface area contributed by atoms with Gasteiger partial charge in [0.05, 0.1) is 12.8 Å². The number of rotatable bonds is 6. The monoisotopic (exact) mass is 447 g/mol. The minimum atomic E-state index is -3.68. The molecule has 7 nitrogen and oxygen atoms in total. The highest BCUT2D eigenvalue weighted by Gasteiger charge is 2.49. The number of hydrogen-bond acceptors (Lipinski definition) is 4. The number of sulfonamides is 1. The van der Waals surface area contributed by atoms with Gasteiger partial charge in [0.25, 0.3) is 0 Å². The topological polar surface area (TPSA) is 86.8 Å². The zero-order valence-corrected chi connectivity index (χ0v) is 18.6. The first-order valence-corrected chi connectivity index (χ1v) is 11.7. The maximum Gasteiger partial charge on any atom is 0.247 e. The van der Waals surface area contributed by atoms with E-state index in [-0.39, 0.29) is 26.2 Å². The average Bonchev–Trinajstić information content (AvgIpc) is 2.70. The van der Waals surface area contributed by atoms with E-state index in [0.29, 0.717) is 5.56 Å². The van der Waals surface area contributed by atoms with E-state index in [2.05, 4.69) is 5.32 Å². The van der Waals surface area contributed by atoms with Gasteiger partial charge in [0, 0.05) is 19.6 Å². The summed E-state index contributed by atoms with van der Waals surface area (Å²) in [6, 6.07) is 13.3. The number of nitrogens with one attached hydrogen (secondary N) is 1. The van der Waals surface area contributed by atoms with Crippen LogP contribution in [0.4, 0.5) is 4.39 Å². The van der Waals surface area contributed by atoms with Gasteiger partial charge in [-0.15, -0.1) is 0 Å². The van der Waals surface area contributed by atoms with Crippen LogP contribution in [0.1, 0.15) is 23.6 Å². The third-order valence-corrected chi connectivity index (χ3v) is 6.67. The van der Waals surface area contributed by atoms with Crippen molar-refractivity contribution in [1.82, 2.24) is 14.5 Å². The van der Waals surface area contributed by atoms with Crippen LogP contribution in [0.2, 0.25) is 0 Å². The van der Waals surface area contributed by atoms with Crippen LogP contribution in [-0.2, 0) is 32.7 Å². The second kappa shape index (κ2) is 8.76. The highest BCUT2D eigenvalue weighted by atomic mass is 32.2. The molecule has 0 aliphatic carbocycles. The first kappa shape index (κ1) is 22.9. The Kier molecular flexibility index (Phi) is 6.47. The lowest BCUT2D eigenvalue weighted by molar-refractivity contribution is -0.153. The van der Waals surface area contributed by atoms with Crippen molar-refractivity contribution < 1.29 is 22.4 Å². The number of halogens is 1. The lowest BCUT2D eigenvalue weighted by Crippen LogP contribution is -2.69. The fourth-order valence-electron chi connectivity index (χ4n) is 3.54. The van der Waals surface area contributed by atoms with Crippen molar-refractivity contribution in [3.05, 3.63) is 71.0 Å². The number of hydrogen-bond donors (Lipinski definition) is 1. The van der Waals surface area contributed by atoms with Gasteiger partial charge in [0.15, 0.2) is 0 Å². The molecule has 0 unspecified atom stereocenters. The second-order valence-corrected chi connectivity index (χ2v) is 10.1. The lowest BCUT2D eigenvalue weighted by Gasteiger charge is -2.46. The molecule has 0 spiro atoms. The predicted octanol–water partition coefficient (Wildman–Crippen LogP) is 1.81. The van der Waals surface area contributed by atoms with Crippen LogP contribution in [0.15, 0.2) is 48.5 Å². The van der Waals surface area contributed by atoms with E-state index in [1.807, 2.05) is 31.2 Å². The molecule has 166 valence electrons. The fraction of sp³-hybridized carbons (Fsp3) is 0.364. The van der Waals surface area contributed by atoms with Crippen LogP contribution in [0.5, 0.6) is 0 Å². The number of carbonyl (C=O) groups excluding carboxylic acids is 2. The summed E-state index contributed by atoms with van der Waals surface area (Å²) in [5, 5.41) is 2.83. The Balaban J connectivity index is 1.87. The summed E-state index contributed by atoms with van der Waals surface area (Å²) >= 11 is 0. The molecule has 3 rings (SSSR count). The standard InChI is InChI=1S/C22H26FN3O4S/c1-16-4-6-17(7-5-16)12-24-21(28)22(2)15-25(31(3,29)30)14-20(27)26(22)13-18-8-10-19(23)11-9-18/h4-11H,12-15H2,1-3H3,(H,24,28)/t22-/m0/s1. The SMILES string of the molecule is Cc1ccc(CNC(=O)[C@]2(C)CN(S(C)(=O)=O)CC(=O)N2Cc2ccc(F)cc2)cc1. The molecule has 1 saturated heterocycles. The Bertz CT molecular complexity index is 1070. The Morgan fingerprint density at radius 3 is 2.26 bits per heavy atom. The van der Waals surface area contributed by atoms with Crippen LogP contribution in [-0.4, -0.2) is 54.3 Å². The summed E-state index contributed by atoms with van der Waals surface area (Å²) in [6.45, 7) is 3.30. The summed E-state index contributed by atoms with van der Waals surface area (Å²) in [4.78, 5) is 27.5. The van der Waals surface area contributed by atoms with Crippen molar-refractivity contribution in [3.63, 3.8) is 0 Å². The van der Waals surface area contributed by atoms with Gasteiger partial charge in [-0.2, -0.15) is 4.31 Å². The molecule has 1 aliphatic heterocycles.